The number of hydrogen-bond donors (Lipinski definition) is 6. The van der Waals surface area contributed by atoms with E-state index in [0.717, 1.165) is 51.5 Å². The van der Waals surface area contributed by atoms with E-state index >= 15 is 0 Å². The Morgan fingerprint density at radius 1 is 0.695 bits per heavy atom. The van der Waals surface area contributed by atoms with Gasteiger partial charge in [-0.25, -0.2) is 0 Å². The highest BCUT2D eigenvalue weighted by molar-refractivity contribution is 9.10. The molecule has 59 heavy (non-hydrogen) atoms. The molecule has 306 valence electrons. The van der Waals surface area contributed by atoms with Crippen LogP contribution in [0.3, 0.4) is 0 Å². The number of pyridine rings is 2. The number of aryl methyl sites for hydroxylation is 2. The zero-order valence-electron chi connectivity index (χ0n) is 32.7. The molecule has 2 aromatic heterocycles. The molecule has 2 amide bonds. The minimum atomic E-state index is -1.20. The molecule has 0 atom stereocenters. The van der Waals surface area contributed by atoms with Crippen LogP contribution in [-0.2, 0) is 0 Å². The number of carbonyl (C=O) groups is 2. The van der Waals surface area contributed by atoms with Gasteiger partial charge >= 0.3 is 7.12 Å². The molecule has 2 aliphatic rings. The predicted molar refractivity (Wildman–Crippen MR) is 244 cm³/mol. The highest BCUT2D eigenvalue weighted by Gasteiger charge is 2.19. The van der Waals surface area contributed by atoms with E-state index in [-0.39, 0.29) is 35.3 Å². The number of para-hydroxylation sites is 2. The maximum atomic E-state index is 12.7. The number of rotatable bonds is 6. The van der Waals surface area contributed by atoms with Crippen LogP contribution in [0.25, 0.3) is 21.8 Å². The van der Waals surface area contributed by atoms with Crippen LogP contribution in [0.1, 0.15) is 109 Å². The summed E-state index contributed by atoms with van der Waals surface area (Å²) in [4.78, 5) is 56.1. The SMILES string of the molecule is C.Cc1cc(Br)ccc1NC(=O)c1c[nH]c2ccccc2c1=O.Cc1cc(C2CCCCC2)ccc1NC(=O)c1c[nH]c2ccccc2c1=O.OB(O)C1=CCCCC1. The Balaban J connectivity index is 0.000000185. The van der Waals surface area contributed by atoms with Gasteiger partial charge < -0.3 is 30.6 Å². The van der Waals surface area contributed by atoms with Crippen LogP contribution in [0.4, 0.5) is 11.4 Å². The molecule has 1 saturated carbocycles. The molecule has 0 unspecified atom stereocenters. The number of allylic oxidation sites excluding steroid dienone is 2. The van der Waals surface area contributed by atoms with Gasteiger partial charge in [-0.05, 0) is 129 Å². The van der Waals surface area contributed by atoms with Gasteiger partial charge in [-0.2, -0.15) is 0 Å². The topological polar surface area (TPSA) is 164 Å². The number of halogens is 1. The Morgan fingerprint density at radius 3 is 1.69 bits per heavy atom. The number of H-pyrrole nitrogens is 2. The summed E-state index contributed by atoms with van der Waals surface area (Å²) < 4.78 is 0.937. The van der Waals surface area contributed by atoms with Gasteiger partial charge in [0.1, 0.15) is 11.1 Å². The average molecular weight is 860 g/mol. The Morgan fingerprint density at radius 2 is 1.22 bits per heavy atom. The molecule has 12 heteroatoms. The lowest BCUT2D eigenvalue weighted by Gasteiger charge is -2.23. The van der Waals surface area contributed by atoms with E-state index in [2.05, 4.69) is 48.7 Å². The summed E-state index contributed by atoms with van der Waals surface area (Å²) >= 11 is 3.38. The Hall–Kier alpha value is -5.56. The summed E-state index contributed by atoms with van der Waals surface area (Å²) in [6.45, 7) is 3.90. The van der Waals surface area contributed by atoms with E-state index < -0.39 is 13.0 Å². The van der Waals surface area contributed by atoms with Crippen LogP contribution in [0.5, 0.6) is 0 Å². The second kappa shape index (κ2) is 20.9. The largest absolute Gasteiger partial charge is 0.483 e. The van der Waals surface area contributed by atoms with Crippen LogP contribution in [-0.4, -0.2) is 38.9 Å². The summed E-state index contributed by atoms with van der Waals surface area (Å²) in [5, 5.41) is 24.0. The first-order chi connectivity index (χ1) is 28.0. The van der Waals surface area contributed by atoms with Gasteiger partial charge in [-0.1, -0.05) is 85.1 Å². The number of amides is 2. The molecule has 4 aromatic carbocycles. The standard InChI is InChI=1S/C23H24N2O2.C17H13BrN2O2.C6H11BO2.CH4/c1-15-13-17(16-7-3-2-4-8-16)11-12-20(15)25-23(27)19-14-24-21-10-6-5-9-18(21)22(19)26;1-10-8-11(18)6-7-14(10)20-17(22)13-9-19-15-5-3-2-4-12(15)16(13)21;8-7(9)6-4-2-1-3-5-6;/h5-6,9-14,16H,2-4,7-8H2,1H3,(H,24,26)(H,25,27);2-9H,1H3,(H,19,21)(H,20,22);4,8-9H,1-3,5H2;1H4. The molecular formula is C47H52BBrN4O6. The summed E-state index contributed by atoms with van der Waals surface area (Å²) in [6, 6.07) is 26.1. The van der Waals surface area contributed by atoms with Crippen LogP contribution in [0.2, 0.25) is 0 Å². The highest BCUT2D eigenvalue weighted by Crippen LogP contribution is 2.34. The molecule has 2 heterocycles. The smallest absolute Gasteiger partial charge is 0.423 e. The molecule has 8 rings (SSSR count). The van der Waals surface area contributed by atoms with Crippen LogP contribution in [0.15, 0.2) is 123 Å². The lowest BCUT2D eigenvalue weighted by Crippen LogP contribution is -2.22. The molecule has 0 bridgehead atoms. The molecule has 0 radical (unpaired) electrons. The second-order valence-electron chi connectivity index (χ2n) is 14.8. The Labute approximate surface area is 353 Å². The van der Waals surface area contributed by atoms with Crippen molar-refractivity contribution in [3.8, 4) is 0 Å². The maximum absolute atomic E-state index is 12.7. The fourth-order valence-electron chi connectivity index (χ4n) is 7.43. The van der Waals surface area contributed by atoms with E-state index in [1.165, 1.54) is 56.5 Å². The molecule has 2 aliphatic carbocycles. The van der Waals surface area contributed by atoms with E-state index in [1.54, 1.807) is 36.4 Å². The number of aromatic amines is 2. The first-order valence-electron chi connectivity index (χ1n) is 19.8. The molecule has 0 spiro atoms. The Bertz CT molecular complexity index is 2580. The summed E-state index contributed by atoms with van der Waals surface area (Å²) in [5.41, 5.74) is 6.67. The zero-order chi connectivity index (χ0) is 41.2. The normalized spacial score (nSPS) is 13.7. The van der Waals surface area contributed by atoms with Crippen molar-refractivity contribution in [2.45, 2.75) is 85.0 Å². The van der Waals surface area contributed by atoms with Gasteiger partial charge in [0.25, 0.3) is 11.8 Å². The van der Waals surface area contributed by atoms with Crippen molar-refractivity contribution < 1.29 is 19.6 Å². The number of benzene rings is 4. The highest BCUT2D eigenvalue weighted by atomic mass is 79.9. The first-order valence-corrected chi connectivity index (χ1v) is 20.5. The van der Waals surface area contributed by atoms with Crippen molar-refractivity contribution in [3.63, 3.8) is 0 Å². The van der Waals surface area contributed by atoms with Crippen molar-refractivity contribution in [1.82, 2.24) is 9.97 Å². The van der Waals surface area contributed by atoms with E-state index in [4.69, 9.17) is 10.0 Å². The lowest BCUT2D eigenvalue weighted by molar-refractivity contribution is 0.101. The van der Waals surface area contributed by atoms with Crippen molar-refractivity contribution in [1.29, 1.82) is 0 Å². The zero-order valence-corrected chi connectivity index (χ0v) is 34.3. The number of fused-ring (bicyclic) bond motifs is 2. The molecule has 6 N–H and O–H groups in total. The lowest BCUT2D eigenvalue weighted by atomic mass is 9.74. The van der Waals surface area contributed by atoms with Crippen molar-refractivity contribution >= 4 is 68.0 Å². The molecule has 0 aliphatic heterocycles. The number of carbonyl (C=O) groups excluding carboxylic acids is 2. The fraction of sp³-hybridized carbons (Fsp3) is 0.277. The summed E-state index contributed by atoms with van der Waals surface area (Å²) in [7, 11) is -1.20. The number of nitrogens with one attached hydrogen (secondary N) is 4. The van der Waals surface area contributed by atoms with E-state index in [9.17, 15) is 19.2 Å². The Kier molecular flexibility index (Phi) is 15.8. The van der Waals surface area contributed by atoms with Crippen molar-refractivity contribution in [2.75, 3.05) is 10.6 Å². The summed E-state index contributed by atoms with van der Waals surface area (Å²) in [5.74, 6) is -0.168. The average Bonchev–Trinajstić information content (AvgIpc) is 3.24. The second-order valence-corrected chi connectivity index (χ2v) is 15.7. The van der Waals surface area contributed by atoms with E-state index in [1.807, 2.05) is 56.3 Å². The van der Waals surface area contributed by atoms with Crippen LogP contribution >= 0.6 is 15.9 Å². The predicted octanol–water partition coefficient (Wildman–Crippen LogP) is 10.1. The van der Waals surface area contributed by atoms with Gasteiger partial charge in [0.2, 0.25) is 10.9 Å². The molecular weight excluding hydrogens is 807 g/mol. The van der Waals surface area contributed by atoms with E-state index in [0.29, 0.717) is 27.9 Å². The monoisotopic (exact) mass is 858 g/mol. The first kappa shape index (κ1) is 44.5. The minimum Gasteiger partial charge on any atom is -0.423 e. The van der Waals surface area contributed by atoms with Gasteiger partial charge in [0, 0.05) is 50.0 Å². The van der Waals surface area contributed by atoms with Crippen LogP contribution in [0, 0.1) is 13.8 Å². The minimum absolute atomic E-state index is 0. The number of hydrogen-bond acceptors (Lipinski definition) is 6. The maximum Gasteiger partial charge on any atom is 0.483 e. The number of aromatic nitrogens is 2. The third-order valence-corrected chi connectivity index (χ3v) is 11.2. The fourth-order valence-corrected chi connectivity index (χ4v) is 7.91. The third-order valence-electron chi connectivity index (χ3n) is 10.7. The van der Waals surface area contributed by atoms with Crippen molar-refractivity contribution in [3.05, 3.63) is 162 Å². The van der Waals surface area contributed by atoms with Gasteiger partial charge in [0.15, 0.2) is 0 Å². The summed E-state index contributed by atoms with van der Waals surface area (Å²) in [6.07, 6.45) is 15.5. The molecule has 0 saturated heterocycles. The molecule has 1 fully saturated rings. The van der Waals surface area contributed by atoms with Crippen LogP contribution < -0.4 is 21.5 Å². The molecule has 6 aromatic rings. The van der Waals surface area contributed by atoms with Gasteiger partial charge in [-0.15, -0.1) is 0 Å². The third kappa shape index (κ3) is 11.3. The van der Waals surface area contributed by atoms with Gasteiger partial charge in [0.05, 0.1) is 0 Å². The quantitative estimate of drug-likeness (QED) is 0.0913. The number of anilines is 2. The van der Waals surface area contributed by atoms with Gasteiger partial charge in [-0.3, -0.25) is 19.2 Å². The molecule has 10 nitrogen and oxygen atoms in total. The van der Waals surface area contributed by atoms with Crippen molar-refractivity contribution in [2.24, 2.45) is 0 Å².